The number of benzene rings is 1. The number of halogens is 2. The number of hydrogen-bond acceptors (Lipinski definition) is 5. The molecule has 1 heterocycles. The van der Waals surface area contributed by atoms with Gasteiger partial charge in [0.1, 0.15) is 5.92 Å². The highest BCUT2D eigenvalue weighted by Gasteiger charge is 2.51. The Kier molecular flexibility index (Phi) is 6.14. The Morgan fingerprint density at radius 1 is 1.38 bits per heavy atom. The fourth-order valence-corrected chi connectivity index (χ4v) is 4.12. The van der Waals surface area contributed by atoms with Crippen LogP contribution < -0.4 is 4.90 Å². The second kappa shape index (κ2) is 7.74. The van der Waals surface area contributed by atoms with E-state index in [4.69, 9.17) is 27.9 Å². The molecule has 24 heavy (non-hydrogen) atoms. The first-order chi connectivity index (χ1) is 11.3. The highest BCUT2D eigenvalue weighted by molar-refractivity contribution is 7.92. The van der Waals surface area contributed by atoms with E-state index in [0.717, 1.165) is 4.90 Å². The molecule has 0 bridgehead atoms. The summed E-state index contributed by atoms with van der Waals surface area (Å²) < 4.78 is 16.8. The van der Waals surface area contributed by atoms with Gasteiger partial charge in [-0.1, -0.05) is 23.2 Å². The molecular weight excluding hydrogens is 377 g/mol. The summed E-state index contributed by atoms with van der Waals surface area (Å²) in [4.78, 5) is 37.9. The van der Waals surface area contributed by atoms with E-state index < -0.39 is 40.1 Å². The third-order valence-corrected chi connectivity index (χ3v) is 5.20. The molecule has 1 fully saturated rings. The Morgan fingerprint density at radius 3 is 2.46 bits per heavy atom. The van der Waals surface area contributed by atoms with Crippen LogP contribution >= 0.6 is 23.2 Å². The number of hydrogen-bond donors (Lipinski definition) is 0. The van der Waals surface area contributed by atoms with Gasteiger partial charge >= 0.3 is 5.97 Å². The van der Waals surface area contributed by atoms with Gasteiger partial charge in [0, 0.05) is 16.5 Å². The number of rotatable bonds is 5. The predicted molar refractivity (Wildman–Crippen MR) is 91.5 cm³/mol. The predicted octanol–water partition coefficient (Wildman–Crippen LogP) is 2.18. The van der Waals surface area contributed by atoms with Crippen molar-refractivity contribution in [2.45, 2.75) is 18.6 Å². The van der Waals surface area contributed by atoms with E-state index in [1.807, 2.05) is 0 Å². The first kappa shape index (κ1) is 19.1. The van der Waals surface area contributed by atoms with Crippen LogP contribution in [-0.2, 0) is 30.3 Å². The van der Waals surface area contributed by atoms with Crippen molar-refractivity contribution in [3.8, 4) is 0 Å². The minimum atomic E-state index is -1.67. The van der Waals surface area contributed by atoms with Crippen LogP contribution in [0.5, 0.6) is 0 Å². The molecule has 3 atom stereocenters. The summed E-state index contributed by atoms with van der Waals surface area (Å²) in [5.41, 5.74) is 0.217. The molecule has 1 aromatic carbocycles. The van der Waals surface area contributed by atoms with Gasteiger partial charge in [-0.05, 0) is 36.3 Å². The number of ether oxygens (including phenoxy) is 1. The van der Waals surface area contributed by atoms with Crippen molar-refractivity contribution < 1.29 is 23.7 Å². The summed E-state index contributed by atoms with van der Waals surface area (Å²) in [5, 5.41) is -0.661. The van der Waals surface area contributed by atoms with Crippen LogP contribution in [0.15, 0.2) is 18.2 Å². The monoisotopic (exact) mass is 391 g/mol. The smallest absolute Gasteiger partial charge is 0.360 e. The minimum absolute atomic E-state index is 0.0923. The number of carbonyl (C=O) groups excluding carboxylic acids is 3. The SMILES string of the molecule is CCOC(=O)C(C1CC(=O)N(c2cc(Cl)cc(Cl)c2)C1=O)[S+](C)[O-]. The Labute approximate surface area is 152 Å². The average molecular weight is 392 g/mol. The van der Waals surface area contributed by atoms with E-state index in [1.54, 1.807) is 6.92 Å². The Morgan fingerprint density at radius 2 is 1.96 bits per heavy atom. The molecule has 6 nitrogen and oxygen atoms in total. The number of nitrogens with zero attached hydrogens (tertiary/aromatic N) is 1. The quantitative estimate of drug-likeness (QED) is 0.436. The number of imide groups is 1. The van der Waals surface area contributed by atoms with E-state index >= 15 is 0 Å². The van der Waals surface area contributed by atoms with Crippen molar-refractivity contribution in [2.75, 3.05) is 17.8 Å². The molecular formula is C15H15Cl2NO5S. The third-order valence-electron chi connectivity index (χ3n) is 3.53. The summed E-state index contributed by atoms with van der Waals surface area (Å²) >= 11 is 10.2. The normalized spacial score (nSPS) is 20.2. The number of anilines is 1. The molecule has 0 aliphatic carbocycles. The van der Waals surface area contributed by atoms with Crippen molar-refractivity contribution in [2.24, 2.45) is 5.92 Å². The fraction of sp³-hybridized carbons (Fsp3) is 0.400. The zero-order valence-corrected chi connectivity index (χ0v) is 15.3. The van der Waals surface area contributed by atoms with Gasteiger partial charge in [0.25, 0.3) is 0 Å². The number of esters is 1. The van der Waals surface area contributed by atoms with E-state index in [9.17, 15) is 18.9 Å². The van der Waals surface area contributed by atoms with Crippen molar-refractivity contribution >= 4 is 57.8 Å². The molecule has 1 saturated heterocycles. The lowest BCUT2D eigenvalue weighted by Crippen LogP contribution is -2.42. The first-order valence-electron chi connectivity index (χ1n) is 7.08. The van der Waals surface area contributed by atoms with Crippen molar-refractivity contribution in [1.82, 2.24) is 0 Å². The lowest BCUT2D eigenvalue weighted by Gasteiger charge is -2.21. The summed E-state index contributed by atoms with van der Waals surface area (Å²) in [6.07, 6.45) is 1.07. The molecule has 0 spiro atoms. The molecule has 0 aromatic heterocycles. The summed E-state index contributed by atoms with van der Waals surface area (Å²) in [6, 6.07) is 4.32. The molecule has 9 heteroatoms. The van der Waals surface area contributed by atoms with Crippen molar-refractivity contribution in [3.05, 3.63) is 28.2 Å². The Hall–Kier alpha value is -1.28. The van der Waals surface area contributed by atoms with Gasteiger partial charge < -0.3 is 9.29 Å². The van der Waals surface area contributed by atoms with Gasteiger partial charge in [0.2, 0.25) is 17.1 Å². The largest absolute Gasteiger partial charge is 0.616 e. The van der Waals surface area contributed by atoms with E-state index in [0.29, 0.717) is 0 Å². The van der Waals surface area contributed by atoms with Crippen LogP contribution in [0, 0.1) is 5.92 Å². The molecule has 1 aliphatic heterocycles. The maximum absolute atomic E-state index is 12.7. The van der Waals surface area contributed by atoms with Gasteiger partial charge in [-0.3, -0.25) is 14.5 Å². The molecule has 0 saturated carbocycles. The summed E-state index contributed by atoms with van der Waals surface area (Å²) in [7, 11) is 0. The minimum Gasteiger partial charge on any atom is -0.616 e. The summed E-state index contributed by atoms with van der Waals surface area (Å²) in [5.74, 6) is -2.93. The van der Waals surface area contributed by atoms with E-state index in [1.165, 1.54) is 24.5 Å². The van der Waals surface area contributed by atoms with Gasteiger partial charge in [-0.2, -0.15) is 0 Å². The molecule has 2 amide bonds. The number of amides is 2. The maximum atomic E-state index is 12.7. The highest BCUT2D eigenvalue weighted by atomic mass is 35.5. The highest BCUT2D eigenvalue weighted by Crippen LogP contribution is 2.34. The van der Waals surface area contributed by atoms with Crippen LogP contribution in [0.3, 0.4) is 0 Å². The van der Waals surface area contributed by atoms with Crippen molar-refractivity contribution in [3.63, 3.8) is 0 Å². The van der Waals surface area contributed by atoms with Gasteiger partial charge in [0.05, 0.1) is 18.6 Å². The van der Waals surface area contributed by atoms with E-state index in [2.05, 4.69) is 0 Å². The third kappa shape index (κ3) is 3.85. The molecule has 1 aliphatic rings. The van der Waals surface area contributed by atoms with Crippen LogP contribution in [0.4, 0.5) is 5.69 Å². The zero-order chi connectivity index (χ0) is 18.0. The van der Waals surface area contributed by atoms with Crippen LogP contribution in [0.1, 0.15) is 13.3 Å². The molecule has 1 aromatic rings. The van der Waals surface area contributed by atoms with Crippen molar-refractivity contribution in [1.29, 1.82) is 0 Å². The lowest BCUT2D eigenvalue weighted by atomic mass is 10.0. The van der Waals surface area contributed by atoms with Crippen LogP contribution in [0.25, 0.3) is 0 Å². The molecule has 0 N–H and O–H groups in total. The van der Waals surface area contributed by atoms with Gasteiger partial charge in [-0.25, -0.2) is 4.79 Å². The Bertz CT molecular complexity index is 662. The van der Waals surface area contributed by atoms with Crippen LogP contribution in [0.2, 0.25) is 10.0 Å². The second-order valence-corrected chi connectivity index (χ2v) is 7.55. The average Bonchev–Trinajstić information content (AvgIpc) is 2.73. The molecule has 3 unspecified atom stereocenters. The van der Waals surface area contributed by atoms with Crippen LogP contribution in [-0.4, -0.2) is 40.4 Å². The van der Waals surface area contributed by atoms with Gasteiger partial charge in [0.15, 0.2) is 0 Å². The molecule has 130 valence electrons. The fourth-order valence-electron chi connectivity index (χ4n) is 2.59. The second-order valence-electron chi connectivity index (χ2n) is 5.18. The standard InChI is InChI=1S/C15H15Cl2NO5S/c1-3-23-15(21)13(24(2)22)11-7-12(19)18(14(11)20)10-5-8(16)4-9(17)6-10/h4-6,11,13H,3,7H2,1-2H3. The topological polar surface area (TPSA) is 86.7 Å². The summed E-state index contributed by atoms with van der Waals surface area (Å²) in [6.45, 7) is 1.70. The lowest BCUT2D eigenvalue weighted by molar-refractivity contribution is -0.145. The van der Waals surface area contributed by atoms with E-state index in [-0.39, 0.29) is 28.8 Å². The van der Waals surface area contributed by atoms with Gasteiger partial charge in [-0.15, -0.1) is 0 Å². The molecule has 2 rings (SSSR count). The molecule has 0 radical (unpaired) electrons. The first-order valence-corrected chi connectivity index (χ1v) is 9.45. The maximum Gasteiger partial charge on any atom is 0.360 e. The Balaban J connectivity index is 2.35. The number of carbonyl (C=O) groups is 3. The zero-order valence-electron chi connectivity index (χ0n) is 13.0.